The number of halogens is 1. The van der Waals surface area contributed by atoms with E-state index in [0.717, 1.165) is 30.4 Å². The van der Waals surface area contributed by atoms with Crippen LogP contribution in [0.15, 0.2) is 24.3 Å². The second-order valence-electron chi connectivity index (χ2n) is 5.54. The topological polar surface area (TPSA) is 54.1 Å². The standard InChI is InChI=1S/C15H15ClN2O2/c16-13-9-3-1-2-4-10(9)17-14(13)15(19)18-11-7-12-8(11)5-6-20-12/h1-4,8,11-12,17H,5-7H2,(H,18,19)/t8-,11+,12+/m0/s1. The van der Waals surface area contributed by atoms with Gasteiger partial charge in [0.1, 0.15) is 5.69 Å². The summed E-state index contributed by atoms with van der Waals surface area (Å²) in [6.45, 7) is 0.814. The molecule has 1 saturated carbocycles. The van der Waals surface area contributed by atoms with Gasteiger partial charge in [-0.2, -0.15) is 0 Å². The number of rotatable bonds is 2. The van der Waals surface area contributed by atoms with Crippen molar-refractivity contribution in [3.05, 3.63) is 35.0 Å². The van der Waals surface area contributed by atoms with Gasteiger partial charge in [0.2, 0.25) is 0 Å². The third-order valence-electron chi connectivity index (χ3n) is 4.45. The van der Waals surface area contributed by atoms with Crippen molar-refractivity contribution >= 4 is 28.4 Å². The number of fused-ring (bicyclic) bond motifs is 2. The summed E-state index contributed by atoms with van der Waals surface area (Å²) in [5, 5.41) is 4.45. The molecule has 1 aliphatic carbocycles. The van der Waals surface area contributed by atoms with Crippen LogP contribution in [0.4, 0.5) is 0 Å². The number of hydrogen-bond donors (Lipinski definition) is 2. The zero-order chi connectivity index (χ0) is 13.7. The third kappa shape index (κ3) is 1.75. The number of H-pyrrole nitrogens is 1. The van der Waals surface area contributed by atoms with Gasteiger partial charge in [0.25, 0.3) is 5.91 Å². The second-order valence-corrected chi connectivity index (χ2v) is 5.91. The molecule has 20 heavy (non-hydrogen) atoms. The summed E-state index contributed by atoms with van der Waals surface area (Å²) < 4.78 is 5.56. The first-order valence-corrected chi connectivity index (χ1v) is 7.30. The smallest absolute Gasteiger partial charge is 0.269 e. The van der Waals surface area contributed by atoms with Crippen LogP contribution in [0, 0.1) is 5.92 Å². The van der Waals surface area contributed by atoms with Gasteiger partial charge in [0.15, 0.2) is 0 Å². The monoisotopic (exact) mass is 290 g/mol. The van der Waals surface area contributed by atoms with Crippen molar-refractivity contribution in [3.8, 4) is 0 Å². The number of aromatic amines is 1. The highest BCUT2D eigenvalue weighted by molar-refractivity contribution is 6.38. The minimum Gasteiger partial charge on any atom is -0.378 e. The maximum atomic E-state index is 12.4. The maximum Gasteiger partial charge on any atom is 0.269 e. The zero-order valence-corrected chi connectivity index (χ0v) is 11.6. The van der Waals surface area contributed by atoms with E-state index in [-0.39, 0.29) is 11.9 Å². The van der Waals surface area contributed by atoms with E-state index in [0.29, 0.717) is 22.7 Å². The number of aromatic nitrogens is 1. The van der Waals surface area contributed by atoms with Crippen LogP contribution in [-0.2, 0) is 4.74 Å². The number of nitrogens with one attached hydrogen (secondary N) is 2. The number of hydrogen-bond acceptors (Lipinski definition) is 2. The molecule has 1 saturated heterocycles. The van der Waals surface area contributed by atoms with E-state index in [1.165, 1.54) is 0 Å². The fraction of sp³-hybridized carbons (Fsp3) is 0.400. The average molecular weight is 291 g/mol. The molecule has 2 aromatic rings. The lowest BCUT2D eigenvalue weighted by Gasteiger charge is -2.39. The molecule has 2 N–H and O–H groups in total. The molecule has 104 valence electrons. The van der Waals surface area contributed by atoms with Crippen LogP contribution in [0.1, 0.15) is 23.3 Å². The molecular formula is C15H15ClN2O2. The largest absolute Gasteiger partial charge is 0.378 e. The summed E-state index contributed by atoms with van der Waals surface area (Å²) in [7, 11) is 0. The summed E-state index contributed by atoms with van der Waals surface area (Å²) >= 11 is 6.29. The summed E-state index contributed by atoms with van der Waals surface area (Å²) in [6, 6.07) is 7.88. The molecule has 0 radical (unpaired) electrons. The Kier molecular flexibility index (Phi) is 2.75. The van der Waals surface area contributed by atoms with Crippen molar-refractivity contribution in [2.75, 3.05) is 6.61 Å². The number of ether oxygens (including phenoxy) is 1. The highest BCUT2D eigenvalue weighted by Crippen LogP contribution is 2.39. The molecule has 0 unspecified atom stereocenters. The Labute approximate surface area is 121 Å². The van der Waals surface area contributed by atoms with Crippen molar-refractivity contribution in [1.82, 2.24) is 10.3 Å². The number of benzene rings is 1. The fourth-order valence-electron chi connectivity index (χ4n) is 3.27. The molecular weight excluding hydrogens is 276 g/mol. The molecule has 5 heteroatoms. The molecule has 4 rings (SSSR count). The van der Waals surface area contributed by atoms with Crippen molar-refractivity contribution in [3.63, 3.8) is 0 Å². The molecule has 4 nitrogen and oxygen atoms in total. The predicted octanol–water partition coefficient (Wildman–Crippen LogP) is 2.73. The first-order chi connectivity index (χ1) is 9.74. The van der Waals surface area contributed by atoms with Gasteiger partial charge in [-0.1, -0.05) is 29.8 Å². The lowest BCUT2D eigenvalue weighted by Crippen LogP contribution is -2.53. The van der Waals surface area contributed by atoms with Crippen molar-refractivity contribution < 1.29 is 9.53 Å². The lowest BCUT2D eigenvalue weighted by molar-refractivity contribution is 0.00804. The van der Waals surface area contributed by atoms with Crippen molar-refractivity contribution in [2.24, 2.45) is 5.92 Å². The molecule has 2 aliphatic rings. The van der Waals surface area contributed by atoms with E-state index in [1.54, 1.807) is 0 Å². The Hall–Kier alpha value is -1.52. The SMILES string of the molecule is O=C(N[C@@H]1C[C@H]2OCC[C@@H]12)c1[nH]c2ccccc2c1Cl. The lowest BCUT2D eigenvalue weighted by atomic mass is 9.76. The van der Waals surface area contributed by atoms with Crippen molar-refractivity contribution in [1.29, 1.82) is 0 Å². The summed E-state index contributed by atoms with van der Waals surface area (Å²) in [5.74, 6) is 0.351. The highest BCUT2D eigenvalue weighted by atomic mass is 35.5. The summed E-state index contributed by atoms with van der Waals surface area (Å²) in [5.41, 5.74) is 1.34. The van der Waals surface area contributed by atoms with Gasteiger partial charge >= 0.3 is 0 Å². The Morgan fingerprint density at radius 1 is 1.40 bits per heavy atom. The van der Waals surface area contributed by atoms with E-state index in [1.807, 2.05) is 24.3 Å². The van der Waals surface area contributed by atoms with Crippen LogP contribution in [0.3, 0.4) is 0 Å². The molecule has 0 bridgehead atoms. The average Bonchev–Trinajstić information content (AvgIpc) is 2.98. The molecule has 1 aromatic heterocycles. The number of amides is 1. The maximum absolute atomic E-state index is 12.4. The van der Waals surface area contributed by atoms with Gasteiger partial charge in [-0.05, 0) is 18.9 Å². The van der Waals surface area contributed by atoms with Gasteiger partial charge in [-0.15, -0.1) is 0 Å². The number of carbonyl (C=O) groups is 1. The normalized spacial score (nSPS) is 28.1. The van der Waals surface area contributed by atoms with Crippen LogP contribution >= 0.6 is 11.6 Å². The van der Waals surface area contributed by atoms with E-state index < -0.39 is 0 Å². The Morgan fingerprint density at radius 3 is 3.05 bits per heavy atom. The second kappa shape index (κ2) is 4.50. The third-order valence-corrected chi connectivity index (χ3v) is 4.84. The van der Waals surface area contributed by atoms with Crippen molar-refractivity contribution in [2.45, 2.75) is 25.0 Å². The van der Waals surface area contributed by atoms with Gasteiger partial charge in [0.05, 0.1) is 11.1 Å². The first-order valence-electron chi connectivity index (χ1n) is 6.92. The number of carbonyl (C=O) groups excluding carboxylic acids is 1. The molecule has 1 aromatic carbocycles. The van der Waals surface area contributed by atoms with Crippen LogP contribution in [0.2, 0.25) is 5.02 Å². The first kappa shape index (κ1) is 12.2. The molecule has 0 spiro atoms. The van der Waals surface area contributed by atoms with Gasteiger partial charge in [-0.25, -0.2) is 0 Å². The van der Waals surface area contributed by atoms with Gasteiger partial charge in [0, 0.05) is 29.5 Å². The van der Waals surface area contributed by atoms with Crippen LogP contribution in [-0.4, -0.2) is 29.6 Å². The molecule has 1 amide bonds. The Balaban J connectivity index is 1.56. The van der Waals surface area contributed by atoms with Crippen LogP contribution in [0.25, 0.3) is 10.9 Å². The zero-order valence-electron chi connectivity index (χ0n) is 10.9. The minimum atomic E-state index is -0.124. The highest BCUT2D eigenvalue weighted by Gasteiger charge is 2.46. The summed E-state index contributed by atoms with van der Waals surface area (Å²) in [4.78, 5) is 15.5. The quantitative estimate of drug-likeness (QED) is 0.893. The molecule has 1 aliphatic heterocycles. The minimum absolute atomic E-state index is 0.124. The molecule has 3 atom stereocenters. The van der Waals surface area contributed by atoms with E-state index in [4.69, 9.17) is 16.3 Å². The Morgan fingerprint density at radius 2 is 2.25 bits per heavy atom. The summed E-state index contributed by atoms with van der Waals surface area (Å²) in [6.07, 6.45) is 2.29. The Bertz CT molecular complexity index is 682. The number of para-hydroxylation sites is 1. The molecule has 2 fully saturated rings. The van der Waals surface area contributed by atoms with E-state index >= 15 is 0 Å². The van der Waals surface area contributed by atoms with Gasteiger partial charge in [-0.3, -0.25) is 4.79 Å². The predicted molar refractivity (Wildman–Crippen MR) is 77.0 cm³/mol. The molecule has 2 heterocycles. The van der Waals surface area contributed by atoms with Crippen LogP contribution < -0.4 is 5.32 Å². The van der Waals surface area contributed by atoms with E-state index in [9.17, 15) is 4.79 Å². The van der Waals surface area contributed by atoms with Gasteiger partial charge < -0.3 is 15.0 Å². The fourth-order valence-corrected chi connectivity index (χ4v) is 3.57. The van der Waals surface area contributed by atoms with Crippen LogP contribution in [0.5, 0.6) is 0 Å². The van der Waals surface area contributed by atoms with E-state index in [2.05, 4.69) is 10.3 Å².